The van der Waals surface area contributed by atoms with Gasteiger partial charge in [-0.3, -0.25) is 0 Å². The minimum atomic E-state index is 0.302. The Morgan fingerprint density at radius 2 is 2.12 bits per heavy atom. The van der Waals surface area contributed by atoms with Crippen molar-refractivity contribution in [2.75, 3.05) is 6.61 Å². The van der Waals surface area contributed by atoms with Crippen molar-refractivity contribution in [3.05, 3.63) is 34.9 Å². The predicted molar refractivity (Wildman–Crippen MR) is 67.2 cm³/mol. The molecule has 0 aromatic heterocycles. The average molecular weight is 238 g/mol. The van der Waals surface area contributed by atoms with Crippen LogP contribution >= 0.6 is 11.6 Å². The van der Waals surface area contributed by atoms with E-state index in [2.05, 4.69) is 18.8 Å². The summed E-state index contributed by atoms with van der Waals surface area (Å²) in [5.41, 5.74) is 1.01. The molecule has 1 aromatic rings. The molecule has 0 aliphatic carbocycles. The van der Waals surface area contributed by atoms with E-state index in [4.69, 9.17) is 16.3 Å². The molecular weight excluding hydrogens is 222 g/mol. The van der Waals surface area contributed by atoms with Gasteiger partial charge in [0.25, 0.3) is 0 Å². The highest BCUT2D eigenvalue weighted by Gasteiger charge is 2.23. The Balaban J connectivity index is 2.14. The second-order valence-electron chi connectivity index (χ2n) is 4.21. The fraction of sp³-hybridized carbons (Fsp3) is 0.462. The van der Waals surface area contributed by atoms with E-state index in [1.54, 1.807) is 0 Å². The normalized spacial score (nSPS) is 21.4. The molecule has 1 aliphatic heterocycles. The number of benzene rings is 1. The van der Waals surface area contributed by atoms with Gasteiger partial charge in [-0.25, -0.2) is 4.99 Å². The third-order valence-electron chi connectivity index (χ3n) is 3.07. The third-order valence-corrected chi connectivity index (χ3v) is 3.32. The van der Waals surface area contributed by atoms with Gasteiger partial charge in [-0.15, -0.1) is 0 Å². The molecule has 1 aliphatic rings. The Labute approximate surface area is 101 Å². The van der Waals surface area contributed by atoms with E-state index >= 15 is 0 Å². The zero-order valence-corrected chi connectivity index (χ0v) is 10.4. The molecule has 2 rings (SSSR count). The molecule has 0 saturated carbocycles. The summed E-state index contributed by atoms with van der Waals surface area (Å²) in [6.45, 7) is 5.09. The Hall–Kier alpha value is -1.02. The molecule has 0 amide bonds. The van der Waals surface area contributed by atoms with Gasteiger partial charge in [0.2, 0.25) is 5.90 Å². The lowest BCUT2D eigenvalue weighted by Crippen LogP contribution is -2.16. The minimum absolute atomic E-state index is 0.302. The molecule has 0 unspecified atom stereocenters. The van der Waals surface area contributed by atoms with Crippen LogP contribution in [0.4, 0.5) is 0 Å². The predicted octanol–water partition coefficient (Wildman–Crippen LogP) is 3.53. The first-order valence-corrected chi connectivity index (χ1v) is 6.05. The largest absolute Gasteiger partial charge is 0.475 e. The zero-order valence-electron chi connectivity index (χ0n) is 9.61. The van der Waals surface area contributed by atoms with E-state index in [1.807, 2.05) is 24.3 Å². The fourth-order valence-corrected chi connectivity index (χ4v) is 1.83. The molecule has 1 heterocycles. The quantitative estimate of drug-likeness (QED) is 0.788. The maximum atomic E-state index is 5.84. The molecule has 0 radical (unpaired) electrons. The molecular formula is C13H16ClNO. The summed E-state index contributed by atoms with van der Waals surface area (Å²) >= 11 is 5.84. The topological polar surface area (TPSA) is 21.6 Å². The van der Waals surface area contributed by atoms with Crippen LogP contribution in [0.2, 0.25) is 5.02 Å². The van der Waals surface area contributed by atoms with Crippen LogP contribution in [0.25, 0.3) is 0 Å². The summed E-state index contributed by atoms with van der Waals surface area (Å²) in [7, 11) is 0. The van der Waals surface area contributed by atoms with Crippen molar-refractivity contribution in [1.82, 2.24) is 0 Å². The van der Waals surface area contributed by atoms with Crippen LogP contribution in [0.3, 0.4) is 0 Å². The number of hydrogen-bond acceptors (Lipinski definition) is 2. The Morgan fingerprint density at radius 3 is 2.75 bits per heavy atom. The molecule has 0 N–H and O–H groups in total. The fourth-order valence-electron chi connectivity index (χ4n) is 1.70. The van der Waals surface area contributed by atoms with Crippen molar-refractivity contribution < 1.29 is 4.74 Å². The van der Waals surface area contributed by atoms with E-state index in [0.717, 1.165) is 22.9 Å². The Morgan fingerprint density at radius 1 is 1.44 bits per heavy atom. The van der Waals surface area contributed by atoms with Crippen molar-refractivity contribution in [3.8, 4) is 0 Å². The maximum absolute atomic E-state index is 5.84. The molecule has 16 heavy (non-hydrogen) atoms. The molecule has 0 saturated heterocycles. The smallest absolute Gasteiger partial charge is 0.216 e. The molecule has 2 atom stereocenters. The van der Waals surface area contributed by atoms with Gasteiger partial charge in [0, 0.05) is 10.6 Å². The first-order chi connectivity index (χ1) is 7.70. The Bertz CT molecular complexity index is 385. The molecule has 2 nitrogen and oxygen atoms in total. The highest BCUT2D eigenvalue weighted by molar-refractivity contribution is 6.30. The van der Waals surface area contributed by atoms with Gasteiger partial charge >= 0.3 is 0 Å². The van der Waals surface area contributed by atoms with Gasteiger partial charge < -0.3 is 4.74 Å². The monoisotopic (exact) mass is 237 g/mol. The highest BCUT2D eigenvalue weighted by atomic mass is 35.5. The van der Waals surface area contributed by atoms with E-state index in [-0.39, 0.29) is 0 Å². The van der Waals surface area contributed by atoms with Crippen molar-refractivity contribution in [1.29, 1.82) is 0 Å². The van der Waals surface area contributed by atoms with Crippen LogP contribution in [0, 0.1) is 5.92 Å². The zero-order chi connectivity index (χ0) is 11.5. The number of hydrogen-bond donors (Lipinski definition) is 0. The molecule has 0 spiro atoms. The number of rotatable bonds is 3. The van der Waals surface area contributed by atoms with Crippen LogP contribution < -0.4 is 0 Å². The van der Waals surface area contributed by atoms with Gasteiger partial charge in [-0.05, 0) is 30.2 Å². The average Bonchev–Trinajstić information content (AvgIpc) is 2.78. The lowest BCUT2D eigenvalue weighted by Gasteiger charge is -2.11. The summed E-state index contributed by atoms with van der Waals surface area (Å²) in [6.07, 6.45) is 1.13. The van der Waals surface area contributed by atoms with Crippen molar-refractivity contribution in [2.24, 2.45) is 10.9 Å². The summed E-state index contributed by atoms with van der Waals surface area (Å²) in [6, 6.07) is 7.91. The van der Waals surface area contributed by atoms with E-state index < -0.39 is 0 Å². The standard InChI is InChI=1S/C13H16ClNO/c1-3-9(2)12-8-16-13(15-12)10-4-6-11(14)7-5-10/h4-7,9,12H,3,8H2,1-2H3/t9-,12+/m0/s1. The lowest BCUT2D eigenvalue weighted by molar-refractivity contribution is 0.282. The minimum Gasteiger partial charge on any atom is -0.475 e. The van der Waals surface area contributed by atoms with Crippen molar-refractivity contribution >= 4 is 17.5 Å². The summed E-state index contributed by atoms with van der Waals surface area (Å²) < 4.78 is 5.62. The van der Waals surface area contributed by atoms with E-state index in [1.165, 1.54) is 0 Å². The van der Waals surface area contributed by atoms with Gasteiger partial charge in [0.15, 0.2) is 0 Å². The second kappa shape index (κ2) is 4.88. The Kier molecular flexibility index (Phi) is 3.49. The third kappa shape index (κ3) is 2.38. The summed E-state index contributed by atoms with van der Waals surface area (Å²) in [5, 5.41) is 0.737. The molecule has 1 aromatic carbocycles. The molecule has 0 bridgehead atoms. The van der Waals surface area contributed by atoms with Crippen LogP contribution in [0.1, 0.15) is 25.8 Å². The van der Waals surface area contributed by atoms with Gasteiger partial charge in [-0.1, -0.05) is 31.9 Å². The first kappa shape index (κ1) is 11.5. The summed E-state index contributed by atoms with van der Waals surface area (Å²) in [4.78, 5) is 4.61. The SMILES string of the molecule is CC[C@H](C)[C@H]1COC(c2ccc(Cl)cc2)=N1. The number of ether oxygens (including phenoxy) is 1. The molecule has 3 heteroatoms. The van der Waals surface area contributed by atoms with Gasteiger partial charge in [0.05, 0.1) is 6.04 Å². The number of aliphatic imine (C=N–C) groups is 1. The van der Waals surface area contributed by atoms with Crippen LogP contribution in [0.15, 0.2) is 29.3 Å². The van der Waals surface area contributed by atoms with E-state index in [0.29, 0.717) is 18.6 Å². The van der Waals surface area contributed by atoms with E-state index in [9.17, 15) is 0 Å². The summed E-state index contributed by atoms with van der Waals surface area (Å²) in [5.74, 6) is 1.33. The lowest BCUT2D eigenvalue weighted by atomic mass is 10.0. The van der Waals surface area contributed by atoms with Crippen LogP contribution in [-0.4, -0.2) is 18.5 Å². The highest BCUT2D eigenvalue weighted by Crippen LogP contribution is 2.20. The second-order valence-corrected chi connectivity index (χ2v) is 4.64. The van der Waals surface area contributed by atoms with Gasteiger partial charge in [0.1, 0.15) is 6.61 Å². The van der Waals surface area contributed by atoms with Gasteiger partial charge in [-0.2, -0.15) is 0 Å². The maximum Gasteiger partial charge on any atom is 0.216 e. The molecule has 86 valence electrons. The van der Waals surface area contributed by atoms with Crippen LogP contribution in [-0.2, 0) is 4.74 Å². The first-order valence-electron chi connectivity index (χ1n) is 5.67. The number of halogens is 1. The van der Waals surface area contributed by atoms with Crippen molar-refractivity contribution in [2.45, 2.75) is 26.3 Å². The molecule has 0 fully saturated rings. The number of nitrogens with zero attached hydrogens (tertiary/aromatic N) is 1. The van der Waals surface area contributed by atoms with Crippen molar-refractivity contribution in [3.63, 3.8) is 0 Å². The van der Waals surface area contributed by atoms with Crippen LogP contribution in [0.5, 0.6) is 0 Å².